The molecular weight excluding hydrogens is 464 g/mol. The van der Waals surface area contributed by atoms with Gasteiger partial charge in [-0.15, -0.1) is 0 Å². The van der Waals surface area contributed by atoms with Crippen molar-refractivity contribution in [3.05, 3.63) is 86.3 Å². The first-order valence-electron chi connectivity index (χ1n) is 9.50. The number of fused-ring (bicyclic) bond motifs is 1. The van der Waals surface area contributed by atoms with Crippen molar-refractivity contribution >= 4 is 17.6 Å². The number of amides is 2. The zero-order chi connectivity index (χ0) is 24.8. The molecule has 13 heteroatoms. The Hall–Kier alpha value is -4.42. The van der Waals surface area contributed by atoms with Crippen LogP contribution in [-0.2, 0) is 10.3 Å². The molecule has 34 heavy (non-hydrogen) atoms. The molecule has 1 aromatic heterocycles. The van der Waals surface area contributed by atoms with Crippen molar-refractivity contribution in [2.75, 3.05) is 12.4 Å². The highest BCUT2D eigenvalue weighted by atomic mass is 19.4. The summed E-state index contributed by atoms with van der Waals surface area (Å²) >= 11 is 0. The number of methoxy groups -OCH3 is 1. The van der Waals surface area contributed by atoms with E-state index in [1.165, 1.54) is 48.8 Å². The third kappa shape index (κ3) is 3.32. The number of rotatable bonds is 4. The highest BCUT2D eigenvalue weighted by Crippen LogP contribution is 2.45. The Morgan fingerprint density at radius 1 is 1.06 bits per heavy atom. The summed E-state index contributed by atoms with van der Waals surface area (Å²) in [5, 5.41) is 3.37. The summed E-state index contributed by atoms with van der Waals surface area (Å²) in [4.78, 5) is 52.2. The Balaban J connectivity index is 1.97. The number of hydrogen-bond donors (Lipinski definition) is 3. The lowest BCUT2D eigenvalue weighted by Crippen LogP contribution is -2.62. The molecule has 4 rings (SSSR count). The molecule has 0 unspecified atom stereocenters. The highest BCUT2D eigenvalue weighted by Gasteiger charge is 2.68. The Kier molecular flexibility index (Phi) is 5.26. The molecule has 0 saturated heterocycles. The number of benzene rings is 2. The van der Waals surface area contributed by atoms with Crippen LogP contribution in [0.15, 0.2) is 58.1 Å². The van der Waals surface area contributed by atoms with E-state index < -0.39 is 57.5 Å². The molecule has 2 heterocycles. The molecule has 1 atom stereocenters. The minimum absolute atomic E-state index is 0.0167. The first-order chi connectivity index (χ1) is 16.0. The fourth-order valence-electron chi connectivity index (χ4n) is 3.64. The van der Waals surface area contributed by atoms with E-state index in [1.807, 2.05) is 5.32 Å². The van der Waals surface area contributed by atoms with Crippen LogP contribution in [0, 0.1) is 5.82 Å². The first-order valence-corrected chi connectivity index (χ1v) is 9.50. The van der Waals surface area contributed by atoms with Gasteiger partial charge in [0.05, 0.1) is 18.4 Å². The number of H-pyrrole nitrogens is 1. The fraction of sp³-hybridized carbons (Fsp3) is 0.143. The van der Waals surface area contributed by atoms with Gasteiger partial charge in [-0.25, -0.2) is 13.8 Å². The number of aromatic nitrogens is 2. The van der Waals surface area contributed by atoms with Crippen molar-refractivity contribution in [3.63, 3.8) is 0 Å². The Bertz CT molecular complexity index is 1430. The van der Waals surface area contributed by atoms with Gasteiger partial charge in [0.2, 0.25) is 0 Å². The van der Waals surface area contributed by atoms with Gasteiger partial charge in [-0.3, -0.25) is 19.4 Å². The maximum absolute atomic E-state index is 14.4. The zero-order valence-corrected chi connectivity index (χ0v) is 17.1. The number of aromatic amines is 1. The summed E-state index contributed by atoms with van der Waals surface area (Å²) in [5.41, 5.74) is -8.69. The summed E-state index contributed by atoms with van der Waals surface area (Å²) in [5.74, 6) is -5.02. The Labute approximate surface area is 187 Å². The second kappa shape index (κ2) is 7.86. The lowest BCUT2D eigenvalue weighted by molar-refractivity contribution is -0.196. The van der Waals surface area contributed by atoms with Crippen molar-refractivity contribution in [2.45, 2.75) is 11.7 Å². The van der Waals surface area contributed by atoms with Crippen LogP contribution in [-0.4, -0.2) is 34.7 Å². The summed E-state index contributed by atoms with van der Waals surface area (Å²) in [6.45, 7) is 0. The second-order valence-corrected chi connectivity index (χ2v) is 7.15. The van der Waals surface area contributed by atoms with E-state index in [4.69, 9.17) is 4.74 Å². The van der Waals surface area contributed by atoms with E-state index >= 15 is 0 Å². The van der Waals surface area contributed by atoms with E-state index in [0.717, 1.165) is 12.1 Å². The molecule has 0 aliphatic carbocycles. The number of alkyl halides is 3. The van der Waals surface area contributed by atoms with Gasteiger partial charge >= 0.3 is 11.9 Å². The molecule has 0 spiro atoms. The standard InChI is InChI=1S/C21H14F4N4O5/c1-34-11-8-6-10(7-9-11)29-15-14(17(31)27-19(29)33)20(18(32)26-15,21(23,24)25)28-16(30)12-4-2-3-5-13(12)22/h2-9H,1H3,(H,26,32)(H,28,30)(H,27,31,33)/t20-/m1/s1. The average molecular weight is 478 g/mol. The molecular formula is C21H14F4N4O5. The van der Waals surface area contributed by atoms with Crippen LogP contribution >= 0.6 is 0 Å². The van der Waals surface area contributed by atoms with Crippen LogP contribution in [0.1, 0.15) is 15.9 Å². The maximum Gasteiger partial charge on any atom is 0.425 e. The minimum atomic E-state index is -5.56. The second-order valence-electron chi connectivity index (χ2n) is 7.15. The predicted molar refractivity (Wildman–Crippen MR) is 109 cm³/mol. The number of anilines is 1. The van der Waals surface area contributed by atoms with Gasteiger partial charge in [-0.2, -0.15) is 13.2 Å². The monoisotopic (exact) mass is 478 g/mol. The van der Waals surface area contributed by atoms with Crippen LogP contribution in [0.4, 0.5) is 23.4 Å². The van der Waals surface area contributed by atoms with Crippen molar-refractivity contribution in [2.24, 2.45) is 0 Å². The zero-order valence-electron chi connectivity index (χ0n) is 17.1. The number of nitrogens with zero attached hydrogens (tertiary/aromatic N) is 1. The third-order valence-electron chi connectivity index (χ3n) is 5.23. The molecule has 0 fully saturated rings. The van der Waals surface area contributed by atoms with Crippen LogP contribution in [0.3, 0.4) is 0 Å². The lowest BCUT2D eigenvalue weighted by Gasteiger charge is -2.30. The van der Waals surface area contributed by atoms with Crippen molar-refractivity contribution in [1.29, 1.82) is 0 Å². The van der Waals surface area contributed by atoms with E-state index in [2.05, 4.69) is 0 Å². The summed E-state index contributed by atoms with van der Waals surface area (Å²) in [6, 6.07) is 9.56. The van der Waals surface area contributed by atoms with Gasteiger partial charge in [0.1, 0.15) is 22.9 Å². The quantitative estimate of drug-likeness (QED) is 0.494. The van der Waals surface area contributed by atoms with Gasteiger partial charge < -0.3 is 15.4 Å². The molecule has 3 aromatic rings. The molecule has 176 valence electrons. The Morgan fingerprint density at radius 2 is 1.71 bits per heavy atom. The molecule has 9 nitrogen and oxygen atoms in total. The minimum Gasteiger partial charge on any atom is -0.497 e. The number of ether oxygens (including phenoxy) is 1. The van der Waals surface area contributed by atoms with Gasteiger partial charge in [0, 0.05) is 0 Å². The first kappa shape index (κ1) is 22.8. The average Bonchev–Trinajstić information content (AvgIpc) is 3.07. The number of carbonyl (C=O) groups excluding carboxylic acids is 2. The van der Waals surface area contributed by atoms with Gasteiger partial charge in [0.25, 0.3) is 22.9 Å². The van der Waals surface area contributed by atoms with Gasteiger partial charge in [-0.05, 0) is 36.4 Å². The molecule has 0 radical (unpaired) electrons. The summed E-state index contributed by atoms with van der Waals surface area (Å²) in [7, 11) is 1.37. The topological polar surface area (TPSA) is 122 Å². The molecule has 3 N–H and O–H groups in total. The molecule has 0 bridgehead atoms. The largest absolute Gasteiger partial charge is 0.497 e. The van der Waals surface area contributed by atoms with E-state index in [9.17, 15) is 36.7 Å². The SMILES string of the molecule is COc1ccc(-n2c3c(c(=O)[nH]c2=O)[C@](NC(=O)c2ccccc2F)(C(F)(F)F)C(=O)N3)cc1. The van der Waals surface area contributed by atoms with Crippen LogP contribution in [0.25, 0.3) is 5.69 Å². The van der Waals surface area contributed by atoms with Crippen LogP contribution < -0.4 is 26.6 Å². The molecule has 2 aromatic carbocycles. The summed E-state index contributed by atoms with van der Waals surface area (Å²) in [6.07, 6.45) is -5.56. The highest BCUT2D eigenvalue weighted by molar-refractivity contribution is 6.09. The number of hydrogen-bond acceptors (Lipinski definition) is 5. The summed E-state index contributed by atoms with van der Waals surface area (Å²) < 4.78 is 62.9. The number of nitrogens with one attached hydrogen (secondary N) is 3. The Morgan fingerprint density at radius 3 is 2.29 bits per heavy atom. The van der Waals surface area contributed by atoms with E-state index in [1.54, 1.807) is 4.98 Å². The normalized spacial score (nSPS) is 17.1. The third-order valence-corrected chi connectivity index (χ3v) is 5.23. The maximum atomic E-state index is 14.4. The van der Waals surface area contributed by atoms with Crippen LogP contribution in [0.5, 0.6) is 5.75 Å². The number of halogens is 4. The molecule has 0 saturated carbocycles. The van der Waals surface area contributed by atoms with Crippen molar-refractivity contribution in [3.8, 4) is 11.4 Å². The lowest BCUT2D eigenvalue weighted by atomic mass is 9.91. The molecule has 2 amide bonds. The molecule has 1 aliphatic rings. The van der Waals surface area contributed by atoms with Crippen molar-refractivity contribution in [1.82, 2.24) is 14.9 Å². The smallest absolute Gasteiger partial charge is 0.425 e. The van der Waals surface area contributed by atoms with Crippen LogP contribution in [0.2, 0.25) is 0 Å². The van der Waals surface area contributed by atoms with Crippen molar-refractivity contribution < 1.29 is 31.9 Å². The van der Waals surface area contributed by atoms with E-state index in [0.29, 0.717) is 10.3 Å². The van der Waals surface area contributed by atoms with Gasteiger partial charge in [-0.1, -0.05) is 12.1 Å². The van der Waals surface area contributed by atoms with Gasteiger partial charge in [0.15, 0.2) is 0 Å². The van der Waals surface area contributed by atoms with E-state index in [-0.39, 0.29) is 5.69 Å². The number of carbonyl (C=O) groups is 2. The predicted octanol–water partition coefficient (Wildman–Crippen LogP) is 1.81. The fourth-order valence-corrected chi connectivity index (χ4v) is 3.64. The molecule has 1 aliphatic heterocycles.